The van der Waals surface area contributed by atoms with E-state index in [0.29, 0.717) is 18.7 Å². The van der Waals surface area contributed by atoms with E-state index in [1.54, 1.807) is 0 Å². The van der Waals surface area contributed by atoms with Crippen LogP contribution in [0.15, 0.2) is 6.07 Å². The van der Waals surface area contributed by atoms with Crippen LogP contribution in [0.5, 0.6) is 6.01 Å². The van der Waals surface area contributed by atoms with Gasteiger partial charge in [-0.1, -0.05) is 0 Å². The molecule has 0 aliphatic carbocycles. The highest BCUT2D eigenvalue weighted by Crippen LogP contribution is 2.45. The summed E-state index contributed by atoms with van der Waals surface area (Å²) in [6, 6.07) is 1.12. The van der Waals surface area contributed by atoms with Gasteiger partial charge in [0, 0.05) is 36.4 Å². The fraction of sp³-hybridized carbons (Fsp3) is 0.643. The number of nitrogen functional groups attached to an aromatic ring is 1. The predicted molar refractivity (Wildman–Crippen MR) is 137 cm³/mol. The fourth-order valence-electron chi connectivity index (χ4n) is 7.13. The van der Waals surface area contributed by atoms with Crippen molar-refractivity contribution < 1.29 is 31.4 Å². The van der Waals surface area contributed by atoms with E-state index >= 15 is 4.39 Å². The summed E-state index contributed by atoms with van der Waals surface area (Å²) in [5, 5.41) is 3.33. The number of aryl methyl sites for hydroxylation is 1. The Kier molecular flexibility index (Phi) is 7.15. The Morgan fingerprint density at radius 2 is 2.02 bits per heavy atom. The monoisotopic (exact) mass is 567 g/mol. The molecular weight excluding hydrogens is 533 g/mol. The molecule has 40 heavy (non-hydrogen) atoms. The third kappa shape index (κ3) is 4.92. The molecule has 1 aromatic carbocycles. The SMILES string of the molecule is Cc1cc(N)c(F)c(C2Cc3nc(OC[C@@]45CCCN4C[C@H](F)C5)nc(C4CCNCC4)c3CO2)c1C(F)(F)F. The molecule has 218 valence electrons. The van der Waals surface area contributed by atoms with E-state index in [4.69, 9.17) is 20.2 Å². The van der Waals surface area contributed by atoms with Gasteiger partial charge in [0.05, 0.1) is 40.9 Å². The number of nitrogens with one attached hydrogen (secondary N) is 1. The molecule has 12 heteroatoms. The van der Waals surface area contributed by atoms with E-state index in [2.05, 4.69) is 15.2 Å². The third-order valence-electron chi connectivity index (χ3n) is 9.00. The van der Waals surface area contributed by atoms with Crippen molar-refractivity contribution >= 4 is 5.69 Å². The molecule has 3 saturated heterocycles. The maximum atomic E-state index is 15.2. The van der Waals surface area contributed by atoms with E-state index in [0.717, 1.165) is 62.6 Å². The molecule has 5 heterocycles. The smallest absolute Gasteiger partial charge is 0.417 e. The molecule has 1 aromatic heterocycles. The number of hydrogen-bond donors (Lipinski definition) is 2. The number of fused-ring (bicyclic) bond motifs is 2. The van der Waals surface area contributed by atoms with Gasteiger partial charge in [0.15, 0.2) is 5.82 Å². The lowest BCUT2D eigenvalue weighted by Crippen LogP contribution is -2.43. The Hall–Kier alpha value is -2.57. The zero-order chi connectivity index (χ0) is 28.2. The Labute approximate surface area is 229 Å². The van der Waals surface area contributed by atoms with E-state index in [-0.39, 0.29) is 42.8 Å². The maximum Gasteiger partial charge on any atom is 0.417 e. The van der Waals surface area contributed by atoms with Crippen LogP contribution in [-0.2, 0) is 23.9 Å². The first-order chi connectivity index (χ1) is 19.1. The third-order valence-corrected chi connectivity index (χ3v) is 9.00. The average molecular weight is 568 g/mol. The van der Waals surface area contributed by atoms with Crippen LogP contribution in [0.2, 0.25) is 0 Å². The van der Waals surface area contributed by atoms with Crippen molar-refractivity contribution in [2.24, 2.45) is 0 Å². The van der Waals surface area contributed by atoms with Crippen LogP contribution in [-0.4, -0.2) is 59.4 Å². The molecule has 1 unspecified atom stereocenters. The molecule has 0 spiro atoms. The average Bonchev–Trinajstić information content (AvgIpc) is 3.44. The van der Waals surface area contributed by atoms with Gasteiger partial charge in [-0.25, -0.2) is 8.78 Å². The van der Waals surface area contributed by atoms with Crippen LogP contribution in [0, 0.1) is 12.7 Å². The van der Waals surface area contributed by atoms with Gasteiger partial charge in [0.2, 0.25) is 0 Å². The number of alkyl halides is 4. The van der Waals surface area contributed by atoms with Crippen LogP contribution in [0.3, 0.4) is 0 Å². The van der Waals surface area contributed by atoms with Gasteiger partial charge in [0.25, 0.3) is 0 Å². The number of benzene rings is 1. The van der Waals surface area contributed by atoms with Crippen molar-refractivity contribution in [3.8, 4) is 6.01 Å². The Balaban J connectivity index is 1.36. The molecule has 0 saturated carbocycles. The van der Waals surface area contributed by atoms with Gasteiger partial charge in [0.1, 0.15) is 12.8 Å². The number of piperidine rings is 1. The highest BCUT2D eigenvalue weighted by molar-refractivity contribution is 5.53. The van der Waals surface area contributed by atoms with Gasteiger partial charge in [-0.05, 0) is 63.9 Å². The number of ether oxygens (including phenoxy) is 2. The number of halogens is 5. The predicted octanol–water partition coefficient (Wildman–Crippen LogP) is 4.76. The normalized spacial score (nSPS) is 27.6. The quantitative estimate of drug-likeness (QED) is 0.398. The van der Waals surface area contributed by atoms with Crippen molar-refractivity contribution in [2.45, 2.75) is 82.0 Å². The molecule has 0 bridgehead atoms. The molecule has 2 aromatic rings. The van der Waals surface area contributed by atoms with Gasteiger partial charge in [-0.3, -0.25) is 4.90 Å². The molecule has 0 amide bonds. The lowest BCUT2D eigenvalue weighted by molar-refractivity contribution is -0.140. The second-order valence-electron chi connectivity index (χ2n) is 11.6. The first-order valence-corrected chi connectivity index (χ1v) is 14.0. The topological polar surface area (TPSA) is 85.5 Å². The van der Waals surface area contributed by atoms with Gasteiger partial charge >= 0.3 is 12.2 Å². The van der Waals surface area contributed by atoms with Crippen LogP contribution < -0.4 is 15.8 Å². The number of nitrogens with two attached hydrogens (primary N) is 1. The van der Waals surface area contributed by atoms with Gasteiger partial charge < -0.3 is 20.5 Å². The van der Waals surface area contributed by atoms with Crippen molar-refractivity contribution in [3.05, 3.63) is 45.5 Å². The van der Waals surface area contributed by atoms with Crippen LogP contribution in [0.25, 0.3) is 0 Å². The number of anilines is 1. The van der Waals surface area contributed by atoms with Crippen LogP contribution in [0.1, 0.15) is 77.8 Å². The molecule has 7 nitrogen and oxygen atoms in total. The minimum atomic E-state index is -4.79. The summed E-state index contributed by atoms with van der Waals surface area (Å²) in [6.07, 6.45) is -3.18. The lowest BCUT2D eigenvalue weighted by atomic mass is 9.87. The second-order valence-corrected chi connectivity index (χ2v) is 11.6. The Morgan fingerprint density at radius 1 is 1.25 bits per heavy atom. The number of hydrogen-bond acceptors (Lipinski definition) is 7. The largest absolute Gasteiger partial charge is 0.461 e. The molecule has 6 rings (SSSR count). The maximum absolute atomic E-state index is 15.2. The molecule has 3 atom stereocenters. The first-order valence-electron chi connectivity index (χ1n) is 14.0. The van der Waals surface area contributed by atoms with E-state index in [1.165, 1.54) is 6.92 Å². The van der Waals surface area contributed by atoms with Crippen molar-refractivity contribution in [1.29, 1.82) is 0 Å². The van der Waals surface area contributed by atoms with Crippen molar-refractivity contribution in [1.82, 2.24) is 20.2 Å². The number of rotatable bonds is 5. The molecule has 3 fully saturated rings. The minimum absolute atomic E-state index is 0.0502. The van der Waals surface area contributed by atoms with Crippen molar-refractivity contribution in [2.75, 3.05) is 38.5 Å². The van der Waals surface area contributed by atoms with Crippen LogP contribution >= 0.6 is 0 Å². The second kappa shape index (κ2) is 10.4. The van der Waals surface area contributed by atoms with Crippen LogP contribution in [0.4, 0.5) is 27.6 Å². The van der Waals surface area contributed by atoms with Crippen molar-refractivity contribution in [3.63, 3.8) is 0 Å². The highest BCUT2D eigenvalue weighted by atomic mass is 19.4. The zero-order valence-corrected chi connectivity index (χ0v) is 22.4. The lowest BCUT2D eigenvalue weighted by Gasteiger charge is -2.33. The number of nitrogens with zero attached hydrogens (tertiary/aromatic N) is 3. The minimum Gasteiger partial charge on any atom is -0.461 e. The van der Waals surface area contributed by atoms with E-state index in [9.17, 15) is 17.6 Å². The molecule has 3 N–H and O–H groups in total. The Morgan fingerprint density at radius 3 is 2.77 bits per heavy atom. The summed E-state index contributed by atoms with van der Waals surface area (Å²) in [5.74, 6) is -1.03. The molecule has 4 aliphatic heterocycles. The van der Waals surface area contributed by atoms with E-state index in [1.807, 2.05) is 0 Å². The zero-order valence-electron chi connectivity index (χ0n) is 22.4. The first kappa shape index (κ1) is 27.6. The van der Waals surface area contributed by atoms with Gasteiger partial charge in [-0.15, -0.1) is 0 Å². The fourth-order valence-corrected chi connectivity index (χ4v) is 7.13. The van der Waals surface area contributed by atoms with E-state index < -0.39 is 40.9 Å². The van der Waals surface area contributed by atoms with Gasteiger partial charge in [-0.2, -0.15) is 23.1 Å². The Bertz CT molecular complexity index is 1280. The molecule has 4 aliphatic rings. The summed E-state index contributed by atoms with van der Waals surface area (Å²) in [4.78, 5) is 11.5. The molecular formula is C28H34F5N5O2. The summed E-state index contributed by atoms with van der Waals surface area (Å²) >= 11 is 0. The summed E-state index contributed by atoms with van der Waals surface area (Å²) in [5.41, 5.74) is 5.12. The summed E-state index contributed by atoms with van der Waals surface area (Å²) in [6.45, 7) is 4.27. The summed E-state index contributed by atoms with van der Waals surface area (Å²) < 4.78 is 83.8. The number of aromatic nitrogens is 2. The standard InChI is InChI=1S/C28H34F5N5O2/c1-15-9-19(34)24(30)22(23(15)28(31,32)33)21-10-20-18(13-39-21)25(16-3-6-35-7-4-16)37-26(36-20)40-14-27-5-2-8-38(27)12-17(29)11-27/h9,16-17,21,35H,2-8,10-14,34H2,1H3/t17-,21?,27+/m1/s1. The highest BCUT2D eigenvalue weighted by Gasteiger charge is 2.49. The molecule has 0 radical (unpaired) electrons. The summed E-state index contributed by atoms with van der Waals surface area (Å²) in [7, 11) is 0.